The van der Waals surface area contributed by atoms with Crippen LogP contribution in [0, 0.1) is 0 Å². The van der Waals surface area contributed by atoms with Crippen molar-refractivity contribution in [3.63, 3.8) is 0 Å². The maximum Gasteiger partial charge on any atom is 0.162 e. The van der Waals surface area contributed by atoms with Gasteiger partial charge in [0.1, 0.15) is 6.10 Å². The maximum atomic E-state index is 10.6. The molecule has 0 aromatic heterocycles. The number of aliphatic hydroxyl groups is 1. The number of hydrogen-bond donors (Lipinski definition) is 1. The van der Waals surface area contributed by atoms with Crippen molar-refractivity contribution in [2.75, 3.05) is 19.8 Å². The summed E-state index contributed by atoms with van der Waals surface area (Å²) in [6.45, 7) is 5.70. The summed E-state index contributed by atoms with van der Waals surface area (Å²) < 4.78 is 17.7. The minimum atomic E-state index is -0.658. The van der Waals surface area contributed by atoms with E-state index in [9.17, 15) is 5.11 Å². The Hall–Kier alpha value is -0.780. The van der Waals surface area contributed by atoms with Crippen LogP contribution >= 0.6 is 15.9 Å². The molecule has 1 N–H and O–H groups in total. The van der Waals surface area contributed by atoms with E-state index in [1.165, 1.54) is 0 Å². The third-order valence-electron chi connectivity index (χ3n) is 3.55. The Morgan fingerprint density at radius 1 is 1.24 bits per heavy atom. The summed E-state index contributed by atoms with van der Waals surface area (Å²) in [4.78, 5) is 0. The fourth-order valence-corrected chi connectivity index (χ4v) is 3.09. The van der Waals surface area contributed by atoms with Crippen molar-refractivity contribution in [3.8, 4) is 11.5 Å². The zero-order valence-corrected chi connectivity index (χ0v) is 14.2. The normalized spacial score (nSPS) is 20.1. The summed E-state index contributed by atoms with van der Waals surface area (Å²) in [5.74, 6) is 1.35. The Kier molecular flexibility index (Phi) is 6.33. The van der Waals surface area contributed by atoms with Crippen LogP contribution in [-0.4, -0.2) is 31.0 Å². The van der Waals surface area contributed by atoms with Crippen LogP contribution in [0.1, 0.15) is 44.8 Å². The Morgan fingerprint density at radius 3 is 2.48 bits per heavy atom. The first-order valence-electron chi connectivity index (χ1n) is 7.56. The molecule has 4 nitrogen and oxygen atoms in total. The average molecular weight is 359 g/mol. The molecule has 1 aliphatic heterocycles. The third-order valence-corrected chi connectivity index (χ3v) is 4.24. The predicted octanol–water partition coefficient (Wildman–Crippen LogP) is 3.85. The first kappa shape index (κ1) is 16.6. The van der Waals surface area contributed by atoms with Crippen molar-refractivity contribution in [2.24, 2.45) is 0 Å². The van der Waals surface area contributed by atoms with Gasteiger partial charge in [0.2, 0.25) is 0 Å². The van der Waals surface area contributed by atoms with Gasteiger partial charge in [-0.2, -0.15) is 0 Å². The van der Waals surface area contributed by atoms with Crippen molar-refractivity contribution < 1.29 is 19.3 Å². The lowest BCUT2D eigenvalue weighted by Crippen LogP contribution is -2.26. The van der Waals surface area contributed by atoms with Crippen LogP contribution in [0.4, 0.5) is 0 Å². The van der Waals surface area contributed by atoms with Gasteiger partial charge in [-0.05, 0) is 45.2 Å². The van der Waals surface area contributed by atoms with E-state index >= 15 is 0 Å². The van der Waals surface area contributed by atoms with Crippen LogP contribution in [0.3, 0.4) is 0 Å². The van der Waals surface area contributed by atoms with Crippen LogP contribution in [-0.2, 0) is 4.74 Å². The number of benzene rings is 1. The first-order valence-corrected chi connectivity index (χ1v) is 8.35. The van der Waals surface area contributed by atoms with Crippen LogP contribution in [0.2, 0.25) is 0 Å². The van der Waals surface area contributed by atoms with E-state index in [1.54, 1.807) is 0 Å². The van der Waals surface area contributed by atoms with E-state index < -0.39 is 6.10 Å². The molecule has 1 saturated heterocycles. The van der Waals surface area contributed by atoms with Gasteiger partial charge in [0.15, 0.2) is 11.5 Å². The molecule has 0 saturated carbocycles. The molecule has 21 heavy (non-hydrogen) atoms. The van der Waals surface area contributed by atoms with E-state index in [1.807, 2.05) is 26.0 Å². The molecule has 1 aromatic rings. The van der Waals surface area contributed by atoms with Gasteiger partial charge in [-0.1, -0.05) is 15.9 Å². The highest BCUT2D eigenvalue weighted by molar-refractivity contribution is 9.10. The Bertz CT molecular complexity index is 458. The van der Waals surface area contributed by atoms with Crippen LogP contribution in [0.5, 0.6) is 11.5 Å². The molecule has 1 fully saturated rings. The lowest BCUT2D eigenvalue weighted by atomic mass is 9.98. The van der Waals surface area contributed by atoms with Gasteiger partial charge in [0, 0.05) is 16.6 Å². The molecule has 0 spiro atoms. The van der Waals surface area contributed by atoms with E-state index in [4.69, 9.17) is 14.2 Å². The maximum absolute atomic E-state index is 10.6. The zero-order chi connectivity index (χ0) is 15.2. The molecule has 5 heteroatoms. The Balaban J connectivity index is 2.27. The Labute approximate surface area is 134 Å². The summed E-state index contributed by atoms with van der Waals surface area (Å²) in [5, 5.41) is 10.6. The summed E-state index contributed by atoms with van der Waals surface area (Å²) >= 11 is 3.52. The van der Waals surface area contributed by atoms with Gasteiger partial charge in [0.05, 0.1) is 19.3 Å². The van der Waals surface area contributed by atoms with Gasteiger partial charge >= 0.3 is 0 Å². The number of hydrogen-bond acceptors (Lipinski definition) is 4. The van der Waals surface area contributed by atoms with Gasteiger partial charge in [-0.15, -0.1) is 0 Å². The highest BCUT2D eigenvalue weighted by Crippen LogP contribution is 2.39. The number of rotatable bonds is 6. The fourth-order valence-electron chi connectivity index (χ4n) is 2.53. The van der Waals surface area contributed by atoms with E-state index in [2.05, 4.69) is 15.9 Å². The molecule has 2 atom stereocenters. The topological polar surface area (TPSA) is 47.9 Å². The molecular formula is C16H23BrO4. The largest absolute Gasteiger partial charge is 0.490 e. The first-order chi connectivity index (χ1) is 10.2. The number of aliphatic hydroxyl groups excluding tert-OH is 1. The van der Waals surface area contributed by atoms with Crippen molar-refractivity contribution in [1.29, 1.82) is 0 Å². The minimum absolute atomic E-state index is 0.150. The molecule has 0 bridgehead atoms. The summed E-state index contributed by atoms with van der Waals surface area (Å²) in [5.41, 5.74) is 0.786. The molecule has 0 radical (unpaired) electrons. The second-order valence-corrected chi connectivity index (χ2v) is 5.89. The smallest absolute Gasteiger partial charge is 0.162 e. The molecule has 1 aromatic carbocycles. The second-order valence-electron chi connectivity index (χ2n) is 5.04. The lowest BCUT2D eigenvalue weighted by molar-refractivity contribution is -0.0636. The molecule has 0 amide bonds. The fraction of sp³-hybridized carbons (Fsp3) is 0.625. The van der Waals surface area contributed by atoms with Gasteiger partial charge in [0.25, 0.3) is 0 Å². The second kappa shape index (κ2) is 8.01. The molecule has 1 heterocycles. The summed E-state index contributed by atoms with van der Waals surface area (Å²) in [6.07, 6.45) is 2.23. The predicted molar refractivity (Wildman–Crippen MR) is 85.0 cm³/mol. The number of halogens is 1. The number of ether oxygens (including phenoxy) is 3. The Morgan fingerprint density at radius 2 is 1.90 bits per heavy atom. The van der Waals surface area contributed by atoms with Crippen molar-refractivity contribution in [1.82, 2.24) is 0 Å². The zero-order valence-electron chi connectivity index (χ0n) is 12.6. The summed E-state index contributed by atoms with van der Waals surface area (Å²) in [6, 6.07) is 3.71. The van der Waals surface area contributed by atoms with Crippen LogP contribution in [0.15, 0.2) is 16.6 Å². The van der Waals surface area contributed by atoms with Gasteiger partial charge < -0.3 is 19.3 Å². The van der Waals surface area contributed by atoms with Crippen LogP contribution < -0.4 is 9.47 Å². The average Bonchev–Trinajstić information content (AvgIpc) is 2.50. The van der Waals surface area contributed by atoms with Crippen molar-refractivity contribution in [3.05, 3.63) is 22.2 Å². The van der Waals surface area contributed by atoms with E-state index in [0.717, 1.165) is 29.3 Å². The minimum Gasteiger partial charge on any atom is -0.490 e. The SMILES string of the molecule is CCOc1cc(Br)c(C(O)C2CCCCO2)cc1OCC. The quantitative estimate of drug-likeness (QED) is 0.838. The van der Waals surface area contributed by atoms with Crippen molar-refractivity contribution in [2.45, 2.75) is 45.3 Å². The van der Waals surface area contributed by atoms with E-state index in [0.29, 0.717) is 31.3 Å². The monoisotopic (exact) mass is 358 g/mol. The molecule has 2 unspecified atom stereocenters. The summed E-state index contributed by atoms with van der Waals surface area (Å²) in [7, 11) is 0. The molecule has 2 rings (SSSR count). The van der Waals surface area contributed by atoms with E-state index in [-0.39, 0.29) is 6.10 Å². The standard InChI is InChI=1S/C16H23BrO4/c1-3-19-14-9-11(12(17)10-15(14)20-4-2)16(18)13-7-5-6-8-21-13/h9-10,13,16,18H,3-8H2,1-2H3. The van der Waals surface area contributed by atoms with Gasteiger partial charge in [-0.25, -0.2) is 0 Å². The molecule has 118 valence electrons. The third kappa shape index (κ3) is 4.11. The highest BCUT2D eigenvalue weighted by atomic mass is 79.9. The van der Waals surface area contributed by atoms with Crippen molar-refractivity contribution >= 4 is 15.9 Å². The molecule has 0 aliphatic carbocycles. The lowest BCUT2D eigenvalue weighted by Gasteiger charge is -2.28. The highest BCUT2D eigenvalue weighted by Gasteiger charge is 2.27. The van der Waals surface area contributed by atoms with Crippen LogP contribution in [0.25, 0.3) is 0 Å². The van der Waals surface area contributed by atoms with Gasteiger partial charge in [-0.3, -0.25) is 0 Å². The molecular weight excluding hydrogens is 336 g/mol. The molecule has 1 aliphatic rings.